The van der Waals surface area contributed by atoms with E-state index in [2.05, 4.69) is 5.11 Å². The van der Waals surface area contributed by atoms with Crippen LogP contribution in [0.3, 0.4) is 0 Å². The van der Waals surface area contributed by atoms with Crippen LogP contribution in [0.25, 0.3) is 0 Å². The monoisotopic (exact) mass is 355 g/mol. The van der Waals surface area contributed by atoms with Crippen molar-refractivity contribution in [2.75, 3.05) is 7.04 Å². The van der Waals surface area contributed by atoms with E-state index in [0.717, 1.165) is 16.2 Å². The van der Waals surface area contributed by atoms with Gasteiger partial charge in [0, 0.05) is 20.5 Å². The highest BCUT2D eigenvalue weighted by molar-refractivity contribution is 7.73. The second-order valence-corrected chi connectivity index (χ2v) is 7.90. The average molecular weight is 355 g/mol. The fraction of sp³-hybridized carbons (Fsp3) is 0.182. The minimum atomic E-state index is -2.77. The van der Waals surface area contributed by atoms with Crippen LogP contribution in [0, 0.1) is 0 Å². The molecule has 0 bridgehead atoms. The van der Waals surface area contributed by atoms with Crippen molar-refractivity contribution >= 4 is 18.5 Å². The summed E-state index contributed by atoms with van der Waals surface area (Å²) in [4.78, 5) is 0. The first-order valence-corrected chi connectivity index (χ1v) is 9.48. The highest BCUT2D eigenvalue weighted by Crippen LogP contribution is 2.51. The molecule has 25 heavy (non-hydrogen) atoms. The highest BCUT2D eigenvalue weighted by atomic mass is 31.1. The summed E-state index contributed by atoms with van der Waals surface area (Å²) in [6.07, 6.45) is -2.67. The van der Waals surface area contributed by atoms with E-state index in [9.17, 15) is 0 Å². The maximum absolute atomic E-state index is 8.93. The molecule has 3 atom stereocenters. The van der Waals surface area contributed by atoms with E-state index in [4.69, 9.17) is 11.7 Å². The first-order valence-electron chi connectivity index (χ1n) is 10.6. The molecule has 3 aromatic rings. The molecule has 3 heteroatoms. The Kier molecular flexibility index (Phi) is 4.41. The van der Waals surface area contributed by atoms with Crippen LogP contribution < -0.4 is 10.6 Å². The predicted octanol–water partition coefficient (Wildman–Crippen LogP) is 4.22. The van der Waals surface area contributed by atoms with Gasteiger partial charge in [-0.1, -0.05) is 91.0 Å². The number of benzene rings is 3. The van der Waals surface area contributed by atoms with Gasteiger partial charge in [0.05, 0.1) is 4.11 Å². The number of aliphatic hydroxyl groups is 1. The van der Waals surface area contributed by atoms with Gasteiger partial charge in [0.25, 0.3) is 0 Å². The maximum Gasteiger partial charge on any atom is 0.213 e. The van der Waals surface area contributed by atoms with Crippen molar-refractivity contribution in [2.24, 2.45) is 0 Å². The maximum atomic E-state index is 8.93. The summed E-state index contributed by atoms with van der Waals surface area (Å²) in [5, 5.41) is 6.69. The van der Waals surface area contributed by atoms with E-state index in [-0.39, 0.29) is 0 Å². The van der Waals surface area contributed by atoms with E-state index in [0.29, 0.717) is 0 Å². The topological polar surface area (TPSA) is 29.5 Å². The molecule has 3 rings (SSSR count). The van der Waals surface area contributed by atoms with Crippen LogP contribution in [-0.2, 0) is 4.74 Å². The van der Waals surface area contributed by atoms with Crippen molar-refractivity contribution in [3.8, 4) is 0 Å². The molecule has 0 radical (unpaired) electrons. The lowest BCUT2D eigenvalue weighted by atomic mass is 10.1. The molecule has 0 spiro atoms. The Hall–Kier alpha value is -1.99. The van der Waals surface area contributed by atoms with Crippen LogP contribution in [0.4, 0.5) is 0 Å². The highest BCUT2D eigenvalue weighted by Gasteiger charge is 2.28. The average Bonchev–Trinajstić information content (AvgIpc) is 2.76. The van der Waals surface area contributed by atoms with Gasteiger partial charge >= 0.3 is 0 Å². The van der Waals surface area contributed by atoms with Crippen LogP contribution in [0.5, 0.6) is 0 Å². The van der Waals surface area contributed by atoms with Crippen molar-refractivity contribution in [1.29, 1.82) is 1.43 Å². The molecule has 0 unspecified atom stereocenters. The smallest absolute Gasteiger partial charge is 0.213 e. The zero-order valence-electron chi connectivity index (χ0n) is 18.7. The zero-order valence-corrected chi connectivity index (χ0v) is 14.6. The number of methoxy groups -OCH3 is 1. The normalized spacial score (nSPS) is 18.2. The lowest BCUT2D eigenvalue weighted by Crippen LogP contribution is -2.21. The van der Waals surface area contributed by atoms with Crippen molar-refractivity contribution in [2.45, 2.75) is 18.3 Å². The molecule has 3 aromatic carbocycles. The number of hydrogen-bond donors (Lipinski definition) is 1. The van der Waals surface area contributed by atoms with Crippen molar-refractivity contribution in [3.63, 3.8) is 0 Å². The van der Waals surface area contributed by atoms with Gasteiger partial charge in [0.15, 0.2) is 6.29 Å². The van der Waals surface area contributed by atoms with Gasteiger partial charge in [-0.2, -0.15) is 0 Å². The van der Waals surface area contributed by atoms with Crippen LogP contribution in [0.1, 0.15) is 23.1 Å². The van der Waals surface area contributed by atoms with Gasteiger partial charge in [-0.25, -0.2) is 0 Å². The summed E-state index contributed by atoms with van der Waals surface area (Å²) in [7, 11) is -3.89. The Morgan fingerprint density at radius 2 is 1.44 bits per heavy atom. The van der Waals surface area contributed by atoms with Gasteiger partial charge in [-0.3, -0.25) is 0 Å². The Morgan fingerprint density at radius 3 is 1.92 bits per heavy atom. The van der Waals surface area contributed by atoms with Crippen molar-refractivity contribution in [1.82, 2.24) is 0 Å². The standard InChI is InChI=1S/C22H23O2P/c1-24-22(23)17-21(18-11-5-2-6-12-18)25(19-13-7-3-8-14-19)20-15-9-4-10-16-20/h2-16,21-23H,17H2,1H3/t21-,22+/m0/s1/i1D3,17D,23D/t17-,21+,22-/m1. The molecule has 0 aliphatic rings. The lowest BCUT2D eigenvalue weighted by molar-refractivity contribution is -0.0783. The Morgan fingerprint density at radius 1 is 0.920 bits per heavy atom. The molecule has 0 amide bonds. The number of aliphatic hydroxyl groups excluding tert-OH is 1. The van der Waals surface area contributed by atoms with Crippen molar-refractivity contribution in [3.05, 3.63) is 96.6 Å². The third-order valence-electron chi connectivity index (χ3n) is 3.94. The number of rotatable bonds is 8. The fourth-order valence-electron chi connectivity index (χ4n) is 2.83. The van der Waals surface area contributed by atoms with Gasteiger partial charge < -0.3 is 9.85 Å². The number of ether oxygens (including phenoxy) is 1. The van der Waals surface area contributed by atoms with E-state index >= 15 is 0 Å². The van der Waals surface area contributed by atoms with Gasteiger partial charge in [0.1, 0.15) is 0 Å². The quantitative estimate of drug-likeness (QED) is 0.484. The third kappa shape index (κ3) is 4.55. The molecule has 0 aromatic heterocycles. The summed E-state index contributed by atoms with van der Waals surface area (Å²) < 4.78 is 43.5. The van der Waals surface area contributed by atoms with Gasteiger partial charge in [-0.15, -0.1) is 0 Å². The second kappa shape index (κ2) is 8.92. The molecule has 0 saturated heterocycles. The molecule has 0 heterocycles. The second-order valence-electron chi connectivity index (χ2n) is 5.58. The van der Waals surface area contributed by atoms with E-state index in [1.807, 2.05) is 91.0 Å². The molecule has 2 nitrogen and oxygen atoms in total. The molecular formula is C22H23O2P. The lowest BCUT2D eigenvalue weighted by Gasteiger charge is -2.30. The molecule has 0 saturated carbocycles. The van der Waals surface area contributed by atoms with Crippen LogP contribution in [0.15, 0.2) is 91.0 Å². The minimum Gasteiger partial charge on any atom is -0.368 e. The summed E-state index contributed by atoms with van der Waals surface area (Å²) >= 11 is 0. The largest absolute Gasteiger partial charge is 0.368 e. The van der Waals surface area contributed by atoms with E-state index in [1.165, 1.54) is 0 Å². The molecular weight excluding hydrogens is 327 g/mol. The van der Waals surface area contributed by atoms with E-state index < -0.39 is 33.3 Å². The first-order chi connectivity index (χ1) is 14.4. The molecule has 0 aliphatic heterocycles. The number of hydrogen-bond acceptors (Lipinski definition) is 2. The van der Waals surface area contributed by atoms with Gasteiger partial charge in [0.2, 0.25) is 1.43 Å². The third-order valence-corrected chi connectivity index (χ3v) is 6.68. The molecule has 0 aliphatic carbocycles. The molecule has 1 N–H and O–H groups in total. The Bertz CT molecular complexity index is 854. The Labute approximate surface area is 158 Å². The van der Waals surface area contributed by atoms with E-state index in [1.54, 1.807) is 0 Å². The minimum absolute atomic E-state index is 0.455. The summed E-state index contributed by atoms with van der Waals surface area (Å²) in [6, 6.07) is 29.2. The zero-order chi connectivity index (χ0) is 21.6. The fourth-order valence-corrected chi connectivity index (χ4v) is 5.54. The summed E-state index contributed by atoms with van der Waals surface area (Å²) in [5.41, 5.74) is 0.413. The molecule has 0 fully saturated rings. The predicted molar refractivity (Wildman–Crippen MR) is 106 cm³/mol. The van der Waals surface area contributed by atoms with Crippen molar-refractivity contribution < 1.29 is 15.3 Å². The van der Waals surface area contributed by atoms with Crippen LogP contribution >= 0.6 is 7.92 Å². The first kappa shape index (κ1) is 12.4. The SMILES string of the molecule is [2H]O[C@H](OC([2H])([2H])[2H])[C@H]([2H])[C@@H](c1ccccc1)P(c1ccccc1)c1ccccc1. The Balaban J connectivity index is 2.13. The summed E-state index contributed by atoms with van der Waals surface area (Å²) in [6.45, 7) is 0. The molecule has 128 valence electrons. The summed E-state index contributed by atoms with van der Waals surface area (Å²) in [5.74, 6) is 0. The van der Waals surface area contributed by atoms with Crippen LogP contribution in [-0.4, -0.2) is 19.9 Å². The van der Waals surface area contributed by atoms with Gasteiger partial charge in [-0.05, 0) is 24.1 Å². The van der Waals surface area contributed by atoms with Crippen LogP contribution in [0.2, 0.25) is 0 Å².